The maximum absolute atomic E-state index is 13.6. The Hall–Kier alpha value is -1.78. The third kappa shape index (κ3) is 3.86. The average molecular weight is 311 g/mol. The maximum atomic E-state index is 13.6. The van der Waals surface area contributed by atoms with Crippen molar-refractivity contribution >= 4 is 11.6 Å². The highest BCUT2D eigenvalue weighted by atomic mass is 35.5. The number of hydrogen-bond acceptors (Lipinski definition) is 3. The SMILES string of the molecule is COc1ccc(COc2ccc(Cl)cc2C(C)O)cc1F. The van der Waals surface area contributed by atoms with Crippen LogP contribution in [0.2, 0.25) is 5.02 Å². The second kappa shape index (κ2) is 6.78. The number of halogens is 2. The molecule has 0 amide bonds. The van der Waals surface area contributed by atoms with E-state index in [1.54, 1.807) is 37.3 Å². The lowest BCUT2D eigenvalue weighted by atomic mass is 10.1. The van der Waals surface area contributed by atoms with Crippen LogP contribution in [-0.2, 0) is 6.61 Å². The van der Waals surface area contributed by atoms with E-state index >= 15 is 0 Å². The largest absolute Gasteiger partial charge is 0.494 e. The molecule has 2 aromatic carbocycles. The van der Waals surface area contributed by atoms with Crippen LogP contribution in [0.4, 0.5) is 4.39 Å². The fraction of sp³-hybridized carbons (Fsp3) is 0.250. The maximum Gasteiger partial charge on any atom is 0.165 e. The fourth-order valence-corrected chi connectivity index (χ4v) is 2.12. The van der Waals surface area contributed by atoms with E-state index in [1.807, 2.05) is 0 Å². The van der Waals surface area contributed by atoms with E-state index in [9.17, 15) is 9.50 Å². The summed E-state index contributed by atoms with van der Waals surface area (Å²) >= 11 is 5.90. The molecule has 0 radical (unpaired) electrons. The lowest BCUT2D eigenvalue weighted by molar-refractivity contribution is 0.190. The third-order valence-electron chi connectivity index (χ3n) is 3.03. The van der Waals surface area contributed by atoms with Crippen LogP contribution in [0.15, 0.2) is 36.4 Å². The van der Waals surface area contributed by atoms with Gasteiger partial charge in [0.2, 0.25) is 0 Å². The molecular weight excluding hydrogens is 295 g/mol. The van der Waals surface area contributed by atoms with Crippen molar-refractivity contribution in [2.45, 2.75) is 19.6 Å². The second-order valence-corrected chi connectivity index (χ2v) is 5.05. The van der Waals surface area contributed by atoms with E-state index in [0.717, 1.165) is 0 Å². The molecule has 21 heavy (non-hydrogen) atoms. The molecule has 0 aliphatic rings. The molecular formula is C16H16ClFO3. The number of methoxy groups -OCH3 is 1. The number of benzene rings is 2. The van der Waals surface area contributed by atoms with Crippen LogP contribution in [0.3, 0.4) is 0 Å². The van der Waals surface area contributed by atoms with Crippen LogP contribution in [-0.4, -0.2) is 12.2 Å². The predicted molar refractivity (Wildman–Crippen MR) is 79.4 cm³/mol. The Morgan fingerprint density at radius 2 is 1.90 bits per heavy atom. The summed E-state index contributed by atoms with van der Waals surface area (Å²) in [5.74, 6) is 0.269. The zero-order valence-electron chi connectivity index (χ0n) is 11.8. The van der Waals surface area contributed by atoms with Gasteiger partial charge < -0.3 is 14.6 Å². The minimum absolute atomic E-state index is 0.183. The molecule has 112 valence electrons. The quantitative estimate of drug-likeness (QED) is 0.903. The predicted octanol–water partition coefficient (Wildman–Crippen LogP) is 4.12. The molecule has 0 bridgehead atoms. The number of rotatable bonds is 5. The molecule has 2 aromatic rings. The Labute approximate surface area is 127 Å². The zero-order valence-corrected chi connectivity index (χ0v) is 12.5. The summed E-state index contributed by atoms with van der Waals surface area (Å²) in [6.45, 7) is 1.81. The van der Waals surface area contributed by atoms with Crippen molar-refractivity contribution in [3.05, 3.63) is 58.4 Å². The summed E-state index contributed by atoms with van der Waals surface area (Å²) in [4.78, 5) is 0. The molecule has 2 rings (SSSR count). The van der Waals surface area contributed by atoms with E-state index in [-0.39, 0.29) is 12.4 Å². The van der Waals surface area contributed by atoms with Crippen LogP contribution in [0, 0.1) is 5.82 Å². The van der Waals surface area contributed by atoms with Gasteiger partial charge >= 0.3 is 0 Å². The fourth-order valence-electron chi connectivity index (χ4n) is 1.94. The van der Waals surface area contributed by atoms with Gasteiger partial charge in [0.1, 0.15) is 12.4 Å². The Balaban J connectivity index is 2.15. The van der Waals surface area contributed by atoms with Crippen LogP contribution >= 0.6 is 11.6 Å². The number of aliphatic hydroxyl groups excluding tert-OH is 1. The van der Waals surface area contributed by atoms with E-state index < -0.39 is 11.9 Å². The van der Waals surface area contributed by atoms with Gasteiger partial charge in [0.05, 0.1) is 13.2 Å². The lowest BCUT2D eigenvalue weighted by Crippen LogP contribution is -2.01. The minimum Gasteiger partial charge on any atom is -0.494 e. The number of aliphatic hydroxyl groups is 1. The zero-order chi connectivity index (χ0) is 15.4. The third-order valence-corrected chi connectivity index (χ3v) is 3.27. The van der Waals surface area contributed by atoms with Gasteiger partial charge in [0.15, 0.2) is 11.6 Å². The molecule has 1 unspecified atom stereocenters. The molecule has 3 nitrogen and oxygen atoms in total. The van der Waals surface area contributed by atoms with Gasteiger partial charge in [-0.15, -0.1) is 0 Å². The normalized spacial score (nSPS) is 12.0. The number of ether oxygens (including phenoxy) is 2. The van der Waals surface area contributed by atoms with Gasteiger partial charge in [0, 0.05) is 10.6 Å². The van der Waals surface area contributed by atoms with Crippen LogP contribution in [0.5, 0.6) is 11.5 Å². The second-order valence-electron chi connectivity index (χ2n) is 4.62. The van der Waals surface area contributed by atoms with E-state index in [4.69, 9.17) is 21.1 Å². The summed E-state index contributed by atoms with van der Waals surface area (Å²) in [6, 6.07) is 9.64. The first-order valence-electron chi connectivity index (χ1n) is 6.44. The van der Waals surface area contributed by atoms with E-state index in [0.29, 0.717) is 21.9 Å². The van der Waals surface area contributed by atoms with Crippen molar-refractivity contribution < 1.29 is 19.0 Å². The first-order valence-corrected chi connectivity index (χ1v) is 6.81. The molecule has 0 aliphatic heterocycles. The first kappa shape index (κ1) is 15.6. The van der Waals surface area contributed by atoms with Crippen LogP contribution < -0.4 is 9.47 Å². The standard InChI is InChI=1S/C16H16ClFO3/c1-10(19)13-8-12(17)4-6-15(13)21-9-11-3-5-16(20-2)14(18)7-11/h3-8,10,19H,9H2,1-2H3. The monoisotopic (exact) mass is 310 g/mol. The molecule has 0 spiro atoms. The Kier molecular flexibility index (Phi) is 5.04. The summed E-state index contributed by atoms with van der Waals surface area (Å²) in [7, 11) is 1.41. The molecule has 0 saturated heterocycles. The molecule has 1 N–H and O–H groups in total. The van der Waals surface area contributed by atoms with Crippen LogP contribution in [0.25, 0.3) is 0 Å². The highest BCUT2D eigenvalue weighted by Gasteiger charge is 2.11. The average Bonchev–Trinajstić information content (AvgIpc) is 2.46. The van der Waals surface area contributed by atoms with Gasteiger partial charge in [-0.1, -0.05) is 17.7 Å². The summed E-state index contributed by atoms with van der Waals surface area (Å²) in [6.07, 6.45) is -0.702. The van der Waals surface area contributed by atoms with Crippen molar-refractivity contribution in [3.8, 4) is 11.5 Å². The van der Waals surface area contributed by atoms with Crippen molar-refractivity contribution in [1.29, 1.82) is 0 Å². The van der Waals surface area contributed by atoms with Gasteiger partial charge in [-0.25, -0.2) is 4.39 Å². The summed E-state index contributed by atoms with van der Waals surface area (Å²) in [5.41, 5.74) is 1.26. The molecule has 0 heterocycles. The Bertz CT molecular complexity index is 629. The van der Waals surface area contributed by atoms with Gasteiger partial charge in [-0.2, -0.15) is 0 Å². The van der Waals surface area contributed by atoms with Crippen molar-refractivity contribution in [2.24, 2.45) is 0 Å². The molecule has 0 aliphatic carbocycles. The van der Waals surface area contributed by atoms with Crippen molar-refractivity contribution in [3.63, 3.8) is 0 Å². The Morgan fingerprint density at radius 1 is 1.19 bits per heavy atom. The first-order chi connectivity index (χ1) is 10.0. The highest BCUT2D eigenvalue weighted by Crippen LogP contribution is 2.29. The molecule has 5 heteroatoms. The molecule has 1 atom stereocenters. The number of hydrogen-bond donors (Lipinski definition) is 1. The highest BCUT2D eigenvalue weighted by molar-refractivity contribution is 6.30. The van der Waals surface area contributed by atoms with Gasteiger partial charge in [0.25, 0.3) is 0 Å². The van der Waals surface area contributed by atoms with E-state index in [1.165, 1.54) is 13.2 Å². The van der Waals surface area contributed by atoms with Crippen molar-refractivity contribution in [1.82, 2.24) is 0 Å². The molecule has 0 fully saturated rings. The topological polar surface area (TPSA) is 38.7 Å². The van der Waals surface area contributed by atoms with E-state index in [2.05, 4.69) is 0 Å². The van der Waals surface area contributed by atoms with Crippen LogP contribution in [0.1, 0.15) is 24.2 Å². The molecule has 0 saturated carbocycles. The van der Waals surface area contributed by atoms with Gasteiger partial charge in [-0.3, -0.25) is 0 Å². The van der Waals surface area contributed by atoms with Gasteiger partial charge in [-0.05, 0) is 42.8 Å². The minimum atomic E-state index is -0.702. The van der Waals surface area contributed by atoms with Crippen molar-refractivity contribution in [2.75, 3.05) is 7.11 Å². The smallest absolute Gasteiger partial charge is 0.165 e. The molecule has 0 aromatic heterocycles. The lowest BCUT2D eigenvalue weighted by Gasteiger charge is -2.14. The Morgan fingerprint density at radius 3 is 2.52 bits per heavy atom. The summed E-state index contributed by atoms with van der Waals surface area (Å²) in [5, 5.41) is 10.2. The summed E-state index contributed by atoms with van der Waals surface area (Å²) < 4.78 is 24.1.